The Morgan fingerprint density at radius 3 is 3.10 bits per heavy atom. The highest BCUT2D eigenvalue weighted by Gasteiger charge is 2.42. The predicted molar refractivity (Wildman–Crippen MR) is 82.9 cm³/mol. The van der Waals surface area contributed by atoms with Crippen LogP contribution in [0.5, 0.6) is 0 Å². The third kappa shape index (κ3) is 2.00. The number of aromatic nitrogens is 2. The molecule has 0 N–H and O–H groups in total. The Kier molecular flexibility index (Phi) is 3.05. The first-order valence-electron chi connectivity index (χ1n) is 6.51. The summed E-state index contributed by atoms with van der Waals surface area (Å²) >= 11 is 3.35. The molecule has 0 bridgehead atoms. The van der Waals surface area contributed by atoms with Gasteiger partial charge in [0.1, 0.15) is 17.6 Å². The van der Waals surface area contributed by atoms with Crippen molar-refractivity contribution < 1.29 is 4.39 Å². The summed E-state index contributed by atoms with van der Waals surface area (Å²) in [4.78, 5) is 3.99. The molecule has 1 aliphatic heterocycles. The Morgan fingerprint density at radius 2 is 2.33 bits per heavy atom. The van der Waals surface area contributed by atoms with Gasteiger partial charge in [-0.25, -0.2) is 9.37 Å². The number of hydrogen-bond donors (Lipinski definition) is 0. The van der Waals surface area contributed by atoms with Crippen LogP contribution in [0.1, 0.15) is 16.4 Å². The van der Waals surface area contributed by atoms with E-state index in [1.807, 2.05) is 6.07 Å². The lowest BCUT2D eigenvalue weighted by atomic mass is 10.1. The quantitative estimate of drug-likeness (QED) is 0.750. The second-order valence-corrected chi connectivity index (χ2v) is 7.58. The summed E-state index contributed by atoms with van der Waals surface area (Å²) in [5, 5.41) is 9.97. The summed E-state index contributed by atoms with van der Waals surface area (Å²) < 4.78 is 16.6. The SMILES string of the molecule is N#C/C(=C1\SC2Cc3c(F)cccc3C2S1)n1ccnc1. The van der Waals surface area contributed by atoms with E-state index in [0.29, 0.717) is 10.9 Å². The van der Waals surface area contributed by atoms with Crippen LogP contribution in [0.4, 0.5) is 4.39 Å². The van der Waals surface area contributed by atoms with Crippen LogP contribution in [0, 0.1) is 17.1 Å². The number of thioether (sulfide) groups is 2. The Hall–Kier alpha value is -1.71. The van der Waals surface area contributed by atoms with Gasteiger partial charge in [0.15, 0.2) is 0 Å². The molecular weight excluding hydrogens is 305 g/mol. The number of benzene rings is 1. The molecule has 1 saturated heterocycles. The zero-order valence-corrected chi connectivity index (χ0v) is 12.5. The van der Waals surface area contributed by atoms with Gasteiger partial charge < -0.3 is 0 Å². The predicted octanol–water partition coefficient (Wildman–Crippen LogP) is 3.82. The number of allylic oxidation sites excluding steroid dienone is 1. The third-order valence-electron chi connectivity index (χ3n) is 3.76. The topological polar surface area (TPSA) is 41.6 Å². The van der Waals surface area contributed by atoms with Gasteiger partial charge in [0.25, 0.3) is 0 Å². The highest BCUT2D eigenvalue weighted by Crippen LogP contribution is 2.61. The minimum absolute atomic E-state index is 0.108. The molecule has 2 aromatic rings. The normalized spacial score (nSPS) is 25.3. The molecule has 1 aliphatic carbocycles. The van der Waals surface area contributed by atoms with E-state index in [1.54, 1.807) is 52.9 Å². The second-order valence-electron chi connectivity index (χ2n) is 4.92. The zero-order valence-electron chi connectivity index (χ0n) is 10.9. The molecule has 4 rings (SSSR count). The van der Waals surface area contributed by atoms with Crippen LogP contribution in [0.15, 0.2) is 41.2 Å². The third-order valence-corrected chi connectivity index (χ3v) is 6.90. The largest absolute Gasteiger partial charge is 0.296 e. The van der Waals surface area contributed by atoms with E-state index in [9.17, 15) is 9.65 Å². The van der Waals surface area contributed by atoms with Crippen LogP contribution in [0.25, 0.3) is 5.70 Å². The fourth-order valence-corrected chi connectivity index (χ4v) is 6.19. The van der Waals surface area contributed by atoms with Crippen molar-refractivity contribution in [1.29, 1.82) is 5.26 Å². The summed E-state index contributed by atoms with van der Waals surface area (Å²) in [7, 11) is 0. The smallest absolute Gasteiger partial charge is 0.145 e. The molecule has 21 heavy (non-hydrogen) atoms. The molecule has 0 spiro atoms. The van der Waals surface area contributed by atoms with Gasteiger partial charge in [0.2, 0.25) is 0 Å². The zero-order chi connectivity index (χ0) is 14.4. The number of nitrogens with zero attached hydrogens (tertiary/aromatic N) is 3. The van der Waals surface area contributed by atoms with Gasteiger partial charge in [-0.3, -0.25) is 4.57 Å². The summed E-state index contributed by atoms with van der Waals surface area (Å²) in [6, 6.07) is 7.56. The van der Waals surface area contributed by atoms with Crippen LogP contribution < -0.4 is 0 Å². The van der Waals surface area contributed by atoms with E-state index in [4.69, 9.17) is 0 Å². The van der Waals surface area contributed by atoms with E-state index < -0.39 is 0 Å². The van der Waals surface area contributed by atoms with Crippen LogP contribution in [0.2, 0.25) is 0 Å². The lowest BCUT2D eigenvalue weighted by molar-refractivity contribution is 0.613. The Bertz CT molecular complexity index is 777. The average molecular weight is 315 g/mol. The van der Waals surface area contributed by atoms with Gasteiger partial charge in [-0.1, -0.05) is 12.1 Å². The van der Waals surface area contributed by atoms with E-state index in [0.717, 1.165) is 21.8 Å². The standard InChI is InChI=1S/C15H10FN3S2/c16-11-3-1-2-9-10(11)6-13-14(9)21-15(20-13)12(7-17)19-5-4-18-8-19/h1-5,8,13-14H,6H2/b15-12-. The van der Waals surface area contributed by atoms with Gasteiger partial charge in [-0.2, -0.15) is 5.26 Å². The number of imidazole rings is 1. The van der Waals surface area contributed by atoms with Crippen LogP contribution >= 0.6 is 23.5 Å². The molecule has 2 heterocycles. The van der Waals surface area contributed by atoms with Gasteiger partial charge in [-0.15, -0.1) is 23.5 Å². The molecular formula is C15H10FN3S2. The first-order chi connectivity index (χ1) is 10.3. The summed E-state index contributed by atoms with van der Waals surface area (Å²) in [5.41, 5.74) is 2.53. The maximum atomic E-state index is 13.8. The molecule has 0 saturated carbocycles. The molecule has 0 amide bonds. The van der Waals surface area contributed by atoms with Crippen molar-refractivity contribution in [3.05, 3.63) is 58.1 Å². The molecule has 2 unspecified atom stereocenters. The average Bonchev–Trinajstić information content (AvgIpc) is 3.16. The maximum Gasteiger partial charge on any atom is 0.145 e. The summed E-state index contributed by atoms with van der Waals surface area (Å²) in [6.07, 6.45) is 5.80. The Balaban J connectivity index is 1.73. The van der Waals surface area contributed by atoms with E-state index in [2.05, 4.69) is 11.1 Å². The minimum atomic E-state index is -0.108. The monoisotopic (exact) mass is 315 g/mol. The first kappa shape index (κ1) is 13.0. The van der Waals surface area contributed by atoms with Crippen molar-refractivity contribution >= 4 is 29.2 Å². The van der Waals surface area contributed by atoms with Crippen LogP contribution in [-0.4, -0.2) is 14.8 Å². The lowest BCUT2D eigenvalue weighted by Gasteiger charge is -2.07. The number of hydrogen-bond acceptors (Lipinski definition) is 4. The Labute approximate surface area is 129 Å². The first-order valence-corrected chi connectivity index (χ1v) is 8.27. The van der Waals surface area contributed by atoms with Crippen molar-refractivity contribution in [1.82, 2.24) is 9.55 Å². The number of fused-ring (bicyclic) bond motifs is 3. The number of halogens is 1. The van der Waals surface area contributed by atoms with Crippen molar-refractivity contribution in [2.45, 2.75) is 16.9 Å². The molecule has 3 nitrogen and oxygen atoms in total. The van der Waals surface area contributed by atoms with Gasteiger partial charge in [-0.05, 0) is 23.6 Å². The van der Waals surface area contributed by atoms with E-state index >= 15 is 0 Å². The van der Waals surface area contributed by atoms with Crippen LogP contribution in [0.3, 0.4) is 0 Å². The van der Waals surface area contributed by atoms with Crippen molar-refractivity contribution in [3.8, 4) is 6.07 Å². The van der Waals surface area contributed by atoms with E-state index in [-0.39, 0.29) is 11.1 Å². The van der Waals surface area contributed by atoms with Gasteiger partial charge in [0, 0.05) is 22.9 Å². The fourth-order valence-electron chi connectivity index (χ4n) is 2.80. The van der Waals surface area contributed by atoms with Gasteiger partial charge in [0.05, 0.1) is 10.6 Å². The van der Waals surface area contributed by atoms with Crippen LogP contribution in [-0.2, 0) is 6.42 Å². The molecule has 1 aromatic heterocycles. The molecule has 104 valence electrons. The molecule has 6 heteroatoms. The highest BCUT2D eigenvalue weighted by atomic mass is 32.2. The van der Waals surface area contributed by atoms with E-state index in [1.165, 1.54) is 6.07 Å². The maximum absolute atomic E-state index is 13.8. The van der Waals surface area contributed by atoms with Gasteiger partial charge >= 0.3 is 0 Å². The minimum Gasteiger partial charge on any atom is -0.296 e. The summed E-state index contributed by atoms with van der Waals surface area (Å²) in [6.45, 7) is 0. The fraction of sp³-hybridized carbons (Fsp3) is 0.200. The second kappa shape index (κ2) is 4.93. The van der Waals surface area contributed by atoms with Crippen molar-refractivity contribution in [3.63, 3.8) is 0 Å². The molecule has 1 fully saturated rings. The van der Waals surface area contributed by atoms with Crippen molar-refractivity contribution in [2.24, 2.45) is 0 Å². The molecule has 1 aromatic carbocycles. The number of nitriles is 1. The molecule has 2 aliphatic rings. The number of rotatable bonds is 1. The summed E-state index contributed by atoms with van der Waals surface area (Å²) in [5.74, 6) is -0.108. The lowest BCUT2D eigenvalue weighted by Crippen LogP contribution is -1.99. The molecule has 0 radical (unpaired) electrons. The van der Waals surface area contributed by atoms with Crippen molar-refractivity contribution in [2.75, 3.05) is 0 Å². The Morgan fingerprint density at radius 1 is 1.43 bits per heavy atom. The highest BCUT2D eigenvalue weighted by molar-refractivity contribution is 8.26. The molecule has 2 atom stereocenters.